The molecule has 14 heavy (non-hydrogen) atoms. The molecule has 0 fully saturated rings. The lowest BCUT2D eigenvalue weighted by atomic mass is 10.3. The molecule has 82 valence electrons. The number of carbonyl (C=O) groups is 2. The van der Waals surface area contributed by atoms with Crippen molar-refractivity contribution in [3.63, 3.8) is 0 Å². The van der Waals surface area contributed by atoms with Gasteiger partial charge in [-0.3, -0.25) is 4.79 Å². The first-order valence-corrected chi connectivity index (χ1v) is 4.32. The van der Waals surface area contributed by atoms with E-state index < -0.39 is 17.9 Å². The average molecular weight is 204 g/mol. The van der Waals surface area contributed by atoms with Gasteiger partial charge in [0.2, 0.25) is 5.91 Å². The predicted molar refractivity (Wildman–Crippen MR) is 49.5 cm³/mol. The molecule has 0 aromatic carbocycles. The molecule has 0 aromatic rings. The number of nitrogens with two attached hydrogens (primary N) is 1. The number of esters is 1. The van der Waals surface area contributed by atoms with Crippen LogP contribution >= 0.6 is 0 Å². The maximum absolute atomic E-state index is 11.1. The summed E-state index contributed by atoms with van der Waals surface area (Å²) in [6.45, 7) is 2.55. The van der Waals surface area contributed by atoms with Gasteiger partial charge in [-0.25, -0.2) is 4.79 Å². The number of nitrogens with one attached hydrogen (secondary N) is 1. The van der Waals surface area contributed by atoms with Crippen LogP contribution in [0.1, 0.15) is 6.92 Å². The molecule has 0 aliphatic carbocycles. The first-order chi connectivity index (χ1) is 6.63. The van der Waals surface area contributed by atoms with Crippen molar-refractivity contribution in [1.82, 2.24) is 5.32 Å². The summed E-state index contributed by atoms with van der Waals surface area (Å²) in [6, 6.07) is -1.26. The Labute approximate surface area is 82.7 Å². The van der Waals surface area contributed by atoms with Crippen molar-refractivity contribution in [2.75, 3.05) is 26.9 Å². The van der Waals surface area contributed by atoms with E-state index in [0.29, 0.717) is 13.2 Å². The van der Waals surface area contributed by atoms with Crippen LogP contribution in [0.5, 0.6) is 0 Å². The number of hydrogen-bond donors (Lipinski definition) is 2. The van der Waals surface area contributed by atoms with Crippen molar-refractivity contribution >= 4 is 11.9 Å². The maximum Gasteiger partial charge on any atom is 0.332 e. The molecule has 1 amide bonds. The van der Waals surface area contributed by atoms with Gasteiger partial charge in [0.15, 0.2) is 6.04 Å². The lowest BCUT2D eigenvalue weighted by Crippen LogP contribution is -2.47. The molecule has 0 saturated carbocycles. The van der Waals surface area contributed by atoms with E-state index in [2.05, 4.69) is 10.1 Å². The molecule has 1 unspecified atom stereocenters. The zero-order valence-corrected chi connectivity index (χ0v) is 8.41. The second-order valence-corrected chi connectivity index (χ2v) is 2.51. The lowest BCUT2D eigenvalue weighted by Gasteiger charge is -2.10. The third kappa shape index (κ3) is 4.78. The number of amides is 1. The van der Waals surface area contributed by atoms with Crippen LogP contribution in [-0.2, 0) is 19.1 Å². The molecule has 0 aromatic heterocycles. The third-order valence-corrected chi connectivity index (χ3v) is 1.43. The van der Waals surface area contributed by atoms with E-state index in [9.17, 15) is 9.59 Å². The molecule has 0 heterocycles. The van der Waals surface area contributed by atoms with Gasteiger partial charge in [-0.2, -0.15) is 0 Å². The van der Waals surface area contributed by atoms with Gasteiger partial charge in [-0.1, -0.05) is 0 Å². The fourth-order valence-corrected chi connectivity index (χ4v) is 0.725. The summed E-state index contributed by atoms with van der Waals surface area (Å²) >= 11 is 0. The van der Waals surface area contributed by atoms with Gasteiger partial charge in [0, 0.05) is 13.7 Å². The minimum Gasteiger partial charge on any atom is -0.464 e. The summed E-state index contributed by atoms with van der Waals surface area (Å²) in [6.07, 6.45) is 0. The van der Waals surface area contributed by atoms with Crippen LogP contribution in [-0.4, -0.2) is 44.8 Å². The second kappa shape index (κ2) is 7.28. The quantitative estimate of drug-likeness (QED) is 0.317. The fraction of sp³-hybridized carbons (Fsp3) is 0.750. The number of ether oxygens (including phenoxy) is 2. The van der Waals surface area contributed by atoms with Gasteiger partial charge in [0.25, 0.3) is 0 Å². The van der Waals surface area contributed by atoms with Crippen molar-refractivity contribution in [2.45, 2.75) is 13.0 Å². The molecule has 0 rings (SSSR count). The van der Waals surface area contributed by atoms with Crippen LogP contribution in [0.25, 0.3) is 0 Å². The Bertz CT molecular complexity index is 196. The zero-order valence-electron chi connectivity index (χ0n) is 8.41. The summed E-state index contributed by atoms with van der Waals surface area (Å²) in [5.74, 6) is -1.28. The van der Waals surface area contributed by atoms with Crippen LogP contribution in [0.2, 0.25) is 0 Å². The van der Waals surface area contributed by atoms with Crippen LogP contribution in [0, 0.1) is 0 Å². The van der Waals surface area contributed by atoms with Crippen molar-refractivity contribution in [3.8, 4) is 0 Å². The van der Waals surface area contributed by atoms with E-state index in [4.69, 9.17) is 10.5 Å². The smallest absolute Gasteiger partial charge is 0.332 e. The summed E-state index contributed by atoms with van der Waals surface area (Å²) < 4.78 is 9.28. The number of carbonyl (C=O) groups excluding carboxylic acids is 2. The highest BCUT2D eigenvalue weighted by Gasteiger charge is 2.22. The molecular formula is C8H16N2O4. The third-order valence-electron chi connectivity index (χ3n) is 1.43. The molecule has 0 radical (unpaired) electrons. The van der Waals surface area contributed by atoms with Crippen LogP contribution in [0.3, 0.4) is 0 Å². The van der Waals surface area contributed by atoms with Gasteiger partial charge in [0.1, 0.15) is 0 Å². The minimum atomic E-state index is -1.26. The van der Waals surface area contributed by atoms with Crippen molar-refractivity contribution in [2.24, 2.45) is 5.73 Å². The summed E-state index contributed by atoms with van der Waals surface area (Å²) in [5.41, 5.74) is 5.30. The van der Waals surface area contributed by atoms with Gasteiger partial charge in [-0.05, 0) is 6.92 Å². The number of hydrogen-bond acceptors (Lipinski definition) is 5. The topological polar surface area (TPSA) is 90.7 Å². The minimum absolute atomic E-state index is 0.206. The molecule has 6 nitrogen and oxygen atoms in total. The van der Waals surface area contributed by atoms with Crippen LogP contribution < -0.4 is 11.1 Å². The van der Waals surface area contributed by atoms with Gasteiger partial charge in [-0.15, -0.1) is 0 Å². The van der Waals surface area contributed by atoms with E-state index in [1.165, 1.54) is 7.11 Å². The van der Waals surface area contributed by atoms with Crippen molar-refractivity contribution < 1.29 is 19.1 Å². The second-order valence-electron chi connectivity index (χ2n) is 2.51. The Morgan fingerprint density at radius 2 is 2.14 bits per heavy atom. The Morgan fingerprint density at radius 1 is 1.50 bits per heavy atom. The SMILES string of the molecule is CCOC(=O)C(N)C(=O)NCCOC. The summed E-state index contributed by atoms with van der Waals surface area (Å²) in [5, 5.41) is 2.43. The van der Waals surface area contributed by atoms with Crippen molar-refractivity contribution in [1.29, 1.82) is 0 Å². The molecule has 0 bridgehead atoms. The Balaban J connectivity index is 3.80. The maximum atomic E-state index is 11.1. The molecule has 3 N–H and O–H groups in total. The lowest BCUT2D eigenvalue weighted by molar-refractivity contribution is -0.148. The average Bonchev–Trinajstić information content (AvgIpc) is 2.17. The molecule has 1 atom stereocenters. The Kier molecular flexibility index (Phi) is 6.69. The molecule has 0 aliphatic heterocycles. The van der Waals surface area contributed by atoms with Gasteiger partial charge >= 0.3 is 5.97 Å². The van der Waals surface area contributed by atoms with Gasteiger partial charge in [0.05, 0.1) is 13.2 Å². The standard InChI is InChI=1S/C8H16N2O4/c1-3-14-8(12)6(9)7(11)10-4-5-13-2/h6H,3-5,9H2,1-2H3,(H,10,11). The van der Waals surface area contributed by atoms with E-state index in [1.54, 1.807) is 6.92 Å². The molecule has 0 aliphatic rings. The van der Waals surface area contributed by atoms with E-state index >= 15 is 0 Å². The largest absolute Gasteiger partial charge is 0.464 e. The normalized spacial score (nSPS) is 11.9. The van der Waals surface area contributed by atoms with Crippen LogP contribution in [0.15, 0.2) is 0 Å². The molecule has 0 spiro atoms. The van der Waals surface area contributed by atoms with E-state index in [1.807, 2.05) is 0 Å². The number of methoxy groups -OCH3 is 1. The van der Waals surface area contributed by atoms with E-state index in [-0.39, 0.29) is 6.61 Å². The Hall–Kier alpha value is -1.14. The monoisotopic (exact) mass is 204 g/mol. The highest BCUT2D eigenvalue weighted by Crippen LogP contribution is 1.85. The number of rotatable bonds is 6. The predicted octanol–water partition coefficient (Wildman–Crippen LogP) is -1.36. The first-order valence-electron chi connectivity index (χ1n) is 4.32. The summed E-state index contributed by atoms with van der Waals surface area (Å²) in [7, 11) is 1.51. The van der Waals surface area contributed by atoms with Gasteiger partial charge < -0.3 is 20.5 Å². The first kappa shape index (κ1) is 12.9. The zero-order chi connectivity index (χ0) is 11.0. The van der Waals surface area contributed by atoms with E-state index in [0.717, 1.165) is 0 Å². The molecule has 0 saturated heterocycles. The van der Waals surface area contributed by atoms with Crippen LogP contribution in [0.4, 0.5) is 0 Å². The fourth-order valence-electron chi connectivity index (χ4n) is 0.725. The molecular weight excluding hydrogens is 188 g/mol. The Morgan fingerprint density at radius 3 is 2.64 bits per heavy atom. The van der Waals surface area contributed by atoms with Crippen molar-refractivity contribution in [3.05, 3.63) is 0 Å². The highest BCUT2D eigenvalue weighted by atomic mass is 16.5. The summed E-state index contributed by atoms with van der Waals surface area (Å²) in [4.78, 5) is 22.1. The molecule has 6 heteroatoms. The highest BCUT2D eigenvalue weighted by molar-refractivity contribution is 6.01.